The van der Waals surface area contributed by atoms with Crippen LogP contribution in [0.1, 0.15) is 34.6 Å². The minimum atomic E-state index is -1.05. The Labute approximate surface area is 245 Å². The number of carbonyl (C=O) groups is 3. The van der Waals surface area contributed by atoms with Crippen molar-refractivity contribution in [2.24, 2.45) is 5.92 Å². The van der Waals surface area contributed by atoms with Crippen LogP contribution in [0, 0.1) is 5.92 Å². The highest BCUT2D eigenvalue weighted by Gasteiger charge is 2.47. The molecule has 0 aromatic rings. The Kier molecular flexibility index (Phi) is 9.56. The van der Waals surface area contributed by atoms with Gasteiger partial charge in [-0.2, -0.15) is 0 Å². The van der Waals surface area contributed by atoms with Gasteiger partial charge < -0.3 is 34.9 Å². The average Bonchev–Trinajstić information content (AvgIpc) is 3.23. The molecule has 0 aromatic heterocycles. The summed E-state index contributed by atoms with van der Waals surface area (Å²) in [5.41, 5.74) is 0.392. The highest BCUT2D eigenvalue weighted by atomic mass is 127. The first-order valence-corrected chi connectivity index (χ1v) is 14.3. The molecule has 10 nitrogen and oxygen atoms in total. The van der Waals surface area contributed by atoms with Crippen molar-refractivity contribution >= 4 is 85.5 Å². The maximum absolute atomic E-state index is 13.4. The van der Waals surface area contributed by atoms with Crippen molar-refractivity contribution in [3.05, 3.63) is 18.8 Å². The first kappa shape index (κ1) is 29.5. The summed E-state index contributed by atoms with van der Waals surface area (Å²) in [6.07, 6.45) is 1.19. The number of halogens is 3. The SMILES string of the molecule is CC(=O)NC1(I)C=C(I)C(C(=O)NCC2COC(C)(C)O2)=C(I)C1C(=O)NCC1COC(C)(C)O1. The molecule has 2 aliphatic heterocycles. The molecule has 0 saturated carbocycles. The second-order valence-electron chi connectivity index (χ2n) is 9.45. The van der Waals surface area contributed by atoms with Crippen LogP contribution in [0.4, 0.5) is 0 Å². The summed E-state index contributed by atoms with van der Waals surface area (Å²) >= 11 is 6.15. The summed E-state index contributed by atoms with van der Waals surface area (Å²) in [7, 11) is 0. The maximum atomic E-state index is 13.4. The maximum Gasteiger partial charge on any atom is 0.253 e. The molecule has 2 heterocycles. The molecule has 4 unspecified atom stereocenters. The molecule has 2 fully saturated rings. The zero-order valence-electron chi connectivity index (χ0n) is 20.1. The van der Waals surface area contributed by atoms with Crippen LogP contribution in [-0.2, 0) is 33.3 Å². The molecule has 13 heteroatoms. The van der Waals surface area contributed by atoms with Gasteiger partial charge in [0.1, 0.15) is 21.7 Å². The van der Waals surface area contributed by atoms with Gasteiger partial charge >= 0.3 is 0 Å². The van der Waals surface area contributed by atoms with Gasteiger partial charge in [-0.1, -0.05) is 0 Å². The van der Waals surface area contributed by atoms with E-state index in [-0.39, 0.29) is 43.0 Å². The van der Waals surface area contributed by atoms with Crippen molar-refractivity contribution < 1.29 is 33.3 Å². The molecule has 3 N–H and O–H groups in total. The van der Waals surface area contributed by atoms with Gasteiger partial charge in [-0.3, -0.25) is 14.4 Å². The number of alkyl halides is 1. The molecule has 0 aromatic carbocycles. The number of rotatable bonds is 7. The van der Waals surface area contributed by atoms with Crippen molar-refractivity contribution in [3.8, 4) is 0 Å². The zero-order chi connectivity index (χ0) is 26.2. The third kappa shape index (κ3) is 7.49. The van der Waals surface area contributed by atoms with E-state index in [0.717, 1.165) is 0 Å². The van der Waals surface area contributed by atoms with Crippen LogP contribution in [0.5, 0.6) is 0 Å². The average molecular weight is 829 g/mol. The quantitative estimate of drug-likeness (QED) is 0.205. The van der Waals surface area contributed by atoms with Crippen LogP contribution < -0.4 is 16.0 Å². The minimum absolute atomic E-state index is 0.243. The largest absolute Gasteiger partial charge is 0.353 e. The molecule has 2 saturated heterocycles. The van der Waals surface area contributed by atoms with E-state index < -0.39 is 21.0 Å². The van der Waals surface area contributed by atoms with E-state index in [9.17, 15) is 14.4 Å². The van der Waals surface area contributed by atoms with Gasteiger partial charge in [0.25, 0.3) is 5.91 Å². The Hall–Kier alpha value is -0.0800. The van der Waals surface area contributed by atoms with Crippen molar-refractivity contribution in [1.29, 1.82) is 0 Å². The summed E-state index contributed by atoms with van der Waals surface area (Å²) in [6.45, 7) is 9.92. The summed E-state index contributed by atoms with van der Waals surface area (Å²) in [4.78, 5) is 38.7. The Morgan fingerprint density at radius 2 is 1.49 bits per heavy atom. The molecule has 35 heavy (non-hydrogen) atoms. The Morgan fingerprint density at radius 3 is 1.94 bits per heavy atom. The van der Waals surface area contributed by atoms with Gasteiger partial charge in [0.2, 0.25) is 11.8 Å². The van der Waals surface area contributed by atoms with E-state index >= 15 is 0 Å². The first-order valence-electron chi connectivity index (χ1n) is 11.1. The highest BCUT2D eigenvalue weighted by Crippen LogP contribution is 2.46. The fourth-order valence-electron chi connectivity index (χ4n) is 4.02. The predicted molar refractivity (Wildman–Crippen MR) is 153 cm³/mol. The van der Waals surface area contributed by atoms with Gasteiger partial charge in [-0.15, -0.1) is 0 Å². The third-order valence-electron chi connectivity index (χ3n) is 5.47. The molecule has 3 rings (SSSR count). The van der Waals surface area contributed by atoms with E-state index in [1.807, 2.05) is 50.3 Å². The molecule has 0 spiro atoms. The van der Waals surface area contributed by atoms with Crippen LogP contribution in [-0.4, -0.2) is 71.4 Å². The van der Waals surface area contributed by atoms with Crippen molar-refractivity contribution in [2.75, 3.05) is 26.3 Å². The highest BCUT2D eigenvalue weighted by molar-refractivity contribution is 14.1. The van der Waals surface area contributed by atoms with Crippen LogP contribution in [0.25, 0.3) is 0 Å². The smallest absolute Gasteiger partial charge is 0.253 e. The van der Waals surface area contributed by atoms with Crippen molar-refractivity contribution in [3.63, 3.8) is 0 Å². The lowest BCUT2D eigenvalue weighted by Gasteiger charge is -2.37. The van der Waals surface area contributed by atoms with E-state index in [4.69, 9.17) is 18.9 Å². The standard InChI is InChI=1S/C22H30I3N3O7/c1-11(29)28-22(25)6-14(23)15(18(30)26-7-12-9-32-20(2,3)34-12)17(24)16(22)19(31)27-8-13-10-33-21(4,5)35-13/h6,12-13,16H,7-10H2,1-5H3,(H,26,30)(H,27,31)(H,28,29). The molecule has 4 atom stereocenters. The second kappa shape index (κ2) is 11.3. The summed E-state index contributed by atoms with van der Waals surface area (Å²) in [5, 5.41) is 8.69. The normalized spacial score (nSPS) is 31.7. The number of hydrogen-bond donors (Lipinski definition) is 3. The molecule has 3 amide bonds. The van der Waals surface area contributed by atoms with Gasteiger partial charge in [-0.25, -0.2) is 0 Å². The Morgan fingerprint density at radius 1 is 0.971 bits per heavy atom. The van der Waals surface area contributed by atoms with Gasteiger partial charge in [0, 0.05) is 27.2 Å². The van der Waals surface area contributed by atoms with Gasteiger partial charge in [-0.05, 0) is 102 Å². The Balaban J connectivity index is 1.78. The lowest BCUT2D eigenvalue weighted by atomic mass is 9.89. The van der Waals surface area contributed by atoms with Crippen LogP contribution in [0.15, 0.2) is 18.8 Å². The summed E-state index contributed by atoms with van der Waals surface area (Å²) in [6, 6.07) is 0. The molecule has 196 valence electrons. The molecular formula is C22H30I3N3O7. The number of carbonyl (C=O) groups excluding carboxylic acids is 3. The van der Waals surface area contributed by atoms with E-state index in [0.29, 0.717) is 25.9 Å². The lowest BCUT2D eigenvalue weighted by Crippen LogP contribution is -2.55. The molecule has 3 aliphatic rings. The number of nitrogens with one attached hydrogen (secondary N) is 3. The number of ether oxygens (including phenoxy) is 4. The van der Waals surface area contributed by atoms with Crippen molar-refractivity contribution in [1.82, 2.24) is 16.0 Å². The van der Waals surface area contributed by atoms with Crippen molar-refractivity contribution in [2.45, 2.75) is 61.9 Å². The molecular weight excluding hydrogens is 799 g/mol. The van der Waals surface area contributed by atoms with E-state index in [1.54, 1.807) is 6.08 Å². The first-order chi connectivity index (χ1) is 16.1. The molecule has 1 aliphatic carbocycles. The topological polar surface area (TPSA) is 124 Å². The lowest BCUT2D eigenvalue weighted by molar-refractivity contribution is -0.140. The monoisotopic (exact) mass is 829 g/mol. The summed E-state index contributed by atoms with van der Waals surface area (Å²) in [5.74, 6) is -3.15. The van der Waals surface area contributed by atoms with Gasteiger partial charge in [0.15, 0.2) is 11.6 Å². The number of hydrogen-bond acceptors (Lipinski definition) is 7. The summed E-state index contributed by atoms with van der Waals surface area (Å²) < 4.78 is 22.8. The predicted octanol–water partition coefficient (Wildman–Crippen LogP) is 2.43. The fraction of sp³-hybridized carbons (Fsp3) is 0.682. The molecule has 0 radical (unpaired) electrons. The van der Waals surface area contributed by atoms with E-state index in [2.05, 4.69) is 61.1 Å². The second-order valence-corrected chi connectivity index (χ2v) is 13.6. The van der Waals surface area contributed by atoms with Crippen LogP contribution in [0.3, 0.4) is 0 Å². The van der Waals surface area contributed by atoms with Crippen LogP contribution >= 0.6 is 67.8 Å². The third-order valence-corrected chi connectivity index (χ3v) is 8.69. The Bertz CT molecular complexity index is 953. The van der Waals surface area contributed by atoms with E-state index in [1.165, 1.54) is 6.92 Å². The van der Waals surface area contributed by atoms with Gasteiger partial charge in [0.05, 0.1) is 18.8 Å². The zero-order valence-corrected chi connectivity index (χ0v) is 26.6. The fourth-order valence-corrected chi connectivity index (χ4v) is 9.35. The number of amides is 3. The van der Waals surface area contributed by atoms with Crippen LogP contribution in [0.2, 0.25) is 0 Å². The minimum Gasteiger partial charge on any atom is -0.353 e. The molecule has 0 bridgehead atoms.